The molecule has 0 aromatic carbocycles. The van der Waals surface area contributed by atoms with E-state index in [4.69, 9.17) is 5.11 Å². The number of piperidine rings is 1. The number of hydrogen-bond acceptors (Lipinski definition) is 5. The number of nitrogens with zero attached hydrogens (tertiary/aromatic N) is 2. The maximum absolute atomic E-state index is 11.6. The molecule has 1 saturated heterocycles. The Morgan fingerprint density at radius 1 is 1.50 bits per heavy atom. The van der Waals surface area contributed by atoms with Crippen molar-refractivity contribution in [1.82, 2.24) is 9.29 Å². The summed E-state index contributed by atoms with van der Waals surface area (Å²) in [5.74, 6) is 0.849. The van der Waals surface area contributed by atoms with Crippen molar-refractivity contribution >= 4 is 15.8 Å². The van der Waals surface area contributed by atoms with E-state index in [1.807, 2.05) is 18.2 Å². The molecule has 1 aliphatic heterocycles. The molecule has 1 aliphatic rings. The van der Waals surface area contributed by atoms with Gasteiger partial charge < -0.3 is 10.4 Å². The first kappa shape index (κ1) is 15.2. The first-order chi connectivity index (χ1) is 9.50. The molecule has 20 heavy (non-hydrogen) atoms. The maximum atomic E-state index is 11.6. The molecule has 1 aromatic heterocycles. The van der Waals surface area contributed by atoms with Gasteiger partial charge in [0.1, 0.15) is 5.82 Å². The number of nitrogens with one attached hydrogen (secondary N) is 1. The van der Waals surface area contributed by atoms with Gasteiger partial charge in [-0.1, -0.05) is 6.07 Å². The number of pyridine rings is 1. The van der Waals surface area contributed by atoms with Crippen LogP contribution in [0.25, 0.3) is 0 Å². The topological polar surface area (TPSA) is 82.5 Å². The molecular formula is C13H21N3O3S. The Morgan fingerprint density at radius 2 is 2.30 bits per heavy atom. The summed E-state index contributed by atoms with van der Waals surface area (Å²) in [4.78, 5) is 4.51. The standard InChI is InChI=1S/C13H21N3O3S/c1-20(18,19)16-8-3-4-11(10-16)12-5-2-6-13(15-12)14-7-9-17/h2,5-6,11,17H,3-4,7-10H2,1H3,(H,14,15)/t11-/m0/s1. The minimum absolute atomic E-state index is 0.0528. The summed E-state index contributed by atoms with van der Waals surface area (Å²) in [6, 6.07) is 5.68. The van der Waals surface area contributed by atoms with Crippen LogP contribution in [0.2, 0.25) is 0 Å². The average molecular weight is 299 g/mol. The van der Waals surface area contributed by atoms with Gasteiger partial charge in [-0.05, 0) is 25.0 Å². The zero-order valence-electron chi connectivity index (χ0n) is 11.6. The lowest BCUT2D eigenvalue weighted by Gasteiger charge is -2.30. The molecule has 2 rings (SSSR count). The van der Waals surface area contributed by atoms with Crippen molar-refractivity contribution in [2.45, 2.75) is 18.8 Å². The molecule has 0 unspecified atom stereocenters. The summed E-state index contributed by atoms with van der Waals surface area (Å²) < 4.78 is 24.8. The Kier molecular flexibility index (Phi) is 4.95. The van der Waals surface area contributed by atoms with Gasteiger partial charge in [-0.25, -0.2) is 17.7 Å². The normalized spacial score (nSPS) is 20.8. The second-order valence-electron chi connectivity index (χ2n) is 5.06. The monoisotopic (exact) mass is 299 g/mol. The molecule has 0 bridgehead atoms. The van der Waals surface area contributed by atoms with Crippen LogP contribution in [0.5, 0.6) is 0 Å². The molecule has 0 saturated carbocycles. The summed E-state index contributed by atoms with van der Waals surface area (Å²) in [7, 11) is -3.13. The van der Waals surface area contributed by atoms with Crippen molar-refractivity contribution in [2.24, 2.45) is 0 Å². The summed E-state index contributed by atoms with van der Waals surface area (Å²) in [6.45, 7) is 1.60. The Bertz CT molecular complexity index is 548. The summed E-state index contributed by atoms with van der Waals surface area (Å²) >= 11 is 0. The van der Waals surface area contributed by atoms with Gasteiger partial charge >= 0.3 is 0 Å². The number of anilines is 1. The van der Waals surface area contributed by atoms with Crippen molar-refractivity contribution in [3.63, 3.8) is 0 Å². The SMILES string of the molecule is CS(=O)(=O)N1CCC[C@H](c2cccc(NCCO)n2)C1. The van der Waals surface area contributed by atoms with E-state index in [-0.39, 0.29) is 12.5 Å². The number of aliphatic hydroxyl groups is 1. The molecule has 0 spiro atoms. The third-order valence-corrected chi connectivity index (χ3v) is 4.73. The van der Waals surface area contributed by atoms with Crippen molar-refractivity contribution in [1.29, 1.82) is 0 Å². The fraction of sp³-hybridized carbons (Fsp3) is 0.615. The minimum atomic E-state index is -3.13. The van der Waals surface area contributed by atoms with E-state index in [0.29, 0.717) is 25.5 Å². The van der Waals surface area contributed by atoms with E-state index in [1.165, 1.54) is 10.6 Å². The van der Waals surface area contributed by atoms with Crippen LogP contribution in [0, 0.1) is 0 Å². The first-order valence-electron chi connectivity index (χ1n) is 6.77. The Morgan fingerprint density at radius 3 is 3.00 bits per heavy atom. The Labute approximate surface area is 119 Å². The molecule has 0 radical (unpaired) electrons. The molecule has 2 N–H and O–H groups in total. The molecule has 0 aliphatic carbocycles. The molecule has 7 heteroatoms. The summed E-state index contributed by atoms with van der Waals surface area (Å²) in [5, 5.41) is 11.8. The van der Waals surface area contributed by atoms with Crippen LogP contribution < -0.4 is 5.32 Å². The quantitative estimate of drug-likeness (QED) is 0.833. The van der Waals surface area contributed by atoms with Crippen LogP contribution in [-0.4, -0.2) is 55.3 Å². The fourth-order valence-electron chi connectivity index (χ4n) is 2.45. The van der Waals surface area contributed by atoms with Gasteiger partial charge in [0.2, 0.25) is 10.0 Å². The van der Waals surface area contributed by atoms with E-state index >= 15 is 0 Å². The highest BCUT2D eigenvalue weighted by Gasteiger charge is 2.27. The summed E-state index contributed by atoms with van der Waals surface area (Å²) in [5.41, 5.74) is 0.904. The van der Waals surface area contributed by atoms with E-state index in [9.17, 15) is 8.42 Å². The zero-order valence-corrected chi connectivity index (χ0v) is 12.4. The maximum Gasteiger partial charge on any atom is 0.211 e. The predicted molar refractivity (Wildman–Crippen MR) is 78.2 cm³/mol. The number of hydrogen-bond donors (Lipinski definition) is 2. The van der Waals surface area contributed by atoms with Crippen LogP contribution in [0.4, 0.5) is 5.82 Å². The van der Waals surface area contributed by atoms with Crippen LogP contribution in [0.3, 0.4) is 0 Å². The minimum Gasteiger partial charge on any atom is -0.395 e. The first-order valence-corrected chi connectivity index (χ1v) is 8.62. The fourth-order valence-corrected chi connectivity index (χ4v) is 3.36. The smallest absolute Gasteiger partial charge is 0.211 e. The third kappa shape index (κ3) is 3.91. The van der Waals surface area contributed by atoms with Crippen molar-refractivity contribution in [3.8, 4) is 0 Å². The van der Waals surface area contributed by atoms with Gasteiger partial charge in [0, 0.05) is 31.2 Å². The average Bonchev–Trinajstić information content (AvgIpc) is 2.45. The molecule has 2 heterocycles. The van der Waals surface area contributed by atoms with E-state index in [1.54, 1.807) is 0 Å². The van der Waals surface area contributed by atoms with E-state index in [2.05, 4.69) is 10.3 Å². The second kappa shape index (κ2) is 6.51. The van der Waals surface area contributed by atoms with Crippen LogP contribution in [0.15, 0.2) is 18.2 Å². The van der Waals surface area contributed by atoms with E-state index in [0.717, 1.165) is 18.5 Å². The summed E-state index contributed by atoms with van der Waals surface area (Å²) in [6.07, 6.45) is 3.05. The lowest BCUT2D eigenvalue weighted by molar-refractivity contribution is 0.310. The number of aliphatic hydroxyl groups excluding tert-OH is 1. The number of rotatable bonds is 5. The number of sulfonamides is 1. The number of aromatic nitrogens is 1. The molecule has 1 atom stereocenters. The highest BCUT2D eigenvalue weighted by molar-refractivity contribution is 7.88. The molecule has 112 valence electrons. The zero-order chi connectivity index (χ0) is 14.6. The van der Waals surface area contributed by atoms with Gasteiger partial charge in [0.25, 0.3) is 0 Å². The van der Waals surface area contributed by atoms with Crippen molar-refractivity contribution < 1.29 is 13.5 Å². The lowest BCUT2D eigenvalue weighted by Crippen LogP contribution is -2.38. The van der Waals surface area contributed by atoms with Gasteiger partial charge in [-0.2, -0.15) is 0 Å². The van der Waals surface area contributed by atoms with Crippen LogP contribution >= 0.6 is 0 Å². The molecule has 1 aromatic rings. The van der Waals surface area contributed by atoms with E-state index < -0.39 is 10.0 Å². The Hall–Kier alpha value is -1.18. The molecule has 6 nitrogen and oxygen atoms in total. The van der Waals surface area contributed by atoms with Crippen LogP contribution in [-0.2, 0) is 10.0 Å². The van der Waals surface area contributed by atoms with Crippen molar-refractivity contribution in [3.05, 3.63) is 23.9 Å². The molecule has 0 amide bonds. The molecular weight excluding hydrogens is 278 g/mol. The molecule has 1 fully saturated rings. The third-order valence-electron chi connectivity index (χ3n) is 3.46. The predicted octanol–water partition coefficient (Wildman–Crippen LogP) is 0.625. The highest BCUT2D eigenvalue weighted by Crippen LogP contribution is 2.27. The van der Waals surface area contributed by atoms with Crippen LogP contribution in [0.1, 0.15) is 24.5 Å². The highest BCUT2D eigenvalue weighted by atomic mass is 32.2. The largest absolute Gasteiger partial charge is 0.395 e. The van der Waals surface area contributed by atoms with Gasteiger partial charge in [-0.3, -0.25) is 0 Å². The second-order valence-corrected chi connectivity index (χ2v) is 7.04. The van der Waals surface area contributed by atoms with Gasteiger partial charge in [0.05, 0.1) is 12.9 Å². The van der Waals surface area contributed by atoms with Crippen molar-refractivity contribution in [2.75, 3.05) is 37.8 Å². The van der Waals surface area contributed by atoms with Gasteiger partial charge in [-0.15, -0.1) is 0 Å². The lowest BCUT2D eigenvalue weighted by atomic mass is 9.96. The van der Waals surface area contributed by atoms with Gasteiger partial charge in [0.15, 0.2) is 0 Å². The Balaban J connectivity index is 2.10.